The Morgan fingerprint density at radius 1 is 0.783 bits per heavy atom. The zero-order valence-electron chi connectivity index (χ0n) is 11.9. The summed E-state index contributed by atoms with van der Waals surface area (Å²) in [6.07, 6.45) is 0. The molecule has 0 aliphatic carbocycles. The van der Waals surface area contributed by atoms with Crippen molar-refractivity contribution in [2.24, 2.45) is 0 Å². The first-order valence-electron chi connectivity index (χ1n) is 6.78. The highest BCUT2D eigenvalue weighted by Gasteiger charge is 2.11. The third-order valence-electron chi connectivity index (χ3n) is 2.87. The molecule has 2 aromatic carbocycles. The fourth-order valence-electron chi connectivity index (χ4n) is 1.82. The average Bonchev–Trinajstić information content (AvgIpc) is 3.01. The molecule has 0 saturated heterocycles. The van der Waals surface area contributed by atoms with Gasteiger partial charge in [0.25, 0.3) is 11.8 Å². The molecular formula is C16H12Cl2N2O3. The van der Waals surface area contributed by atoms with Gasteiger partial charge < -0.3 is 13.9 Å². The maximum atomic E-state index is 6.02. The van der Waals surface area contributed by atoms with Gasteiger partial charge in [0, 0.05) is 0 Å². The van der Waals surface area contributed by atoms with Gasteiger partial charge in [-0.05, 0) is 24.3 Å². The molecule has 118 valence electrons. The monoisotopic (exact) mass is 350 g/mol. The van der Waals surface area contributed by atoms with Crippen molar-refractivity contribution in [1.82, 2.24) is 10.2 Å². The van der Waals surface area contributed by atoms with E-state index in [0.717, 1.165) is 5.75 Å². The van der Waals surface area contributed by atoms with E-state index in [2.05, 4.69) is 10.2 Å². The van der Waals surface area contributed by atoms with Crippen LogP contribution >= 0.6 is 23.2 Å². The summed E-state index contributed by atoms with van der Waals surface area (Å²) in [5.74, 6) is 1.79. The lowest BCUT2D eigenvalue weighted by molar-refractivity contribution is 0.232. The Morgan fingerprint density at radius 2 is 1.39 bits per heavy atom. The van der Waals surface area contributed by atoms with Gasteiger partial charge in [-0.15, -0.1) is 10.2 Å². The lowest BCUT2D eigenvalue weighted by Crippen LogP contribution is -1.97. The van der Waals surface area contributed by atoms with Gasteiger partial charge in [-0.2, -0.15) is 0 Å². The van der Waals surface area contributed by atoms with E-state index in [1.165, 1.54) is 0 Å². The minimum Gasteiger partial charge on any atom is -0.484 e. The number of ether oxygens (including phenoxy) is 2. The maximum absolute atomic E-state index is 6.02. The Morgan fingerprint density at radius 3 is 2.04 bits per heavy atom. The molecule has 0 bridgehead atoms. The summed E-state index contributed by atoms with van der Waals surface area (Å²) in [6, 6.07) is 14.5. The molecule has 3 rings (SSSR count). The second-order valence-electron chi connectivity index (χ2n) is 4.53. The third-order valence-corrected chi connectivity index (χ3v) is 3.47. The number of benzene rings is 2. The molecular weight excluding hydrogens is 339 g/mol. The molecule has 0 atom stereocenters. The van der Waals surface area contributed by atoms with E-state index in [9.17, 15) is 0 Å². The lowest BCUT2D eigenvalue weighted by Gasteiger charge is -2.07. The van der Waals surface area contributed by atoms with Crippen LogP contribution in [-0.2, 0) is 13.2 Å². The van der Waals surface area contributed by atoms with Gasteiger partial charge in [0.2, 0.25) is 0 Å². The SMILES string of the molecule is Clc1cccc(Cl)c1OCc1nnc(COc2ccccc2)o1. The maximum Gasteiger partial charge on any atom is 0.254 e. The molecule has 0 aliphatic heterocycles. The third kappa shape index (κ3) is 4.15. The summed E-state index contributed by atoms with van der Waals surface area (Å²) in [5, 5.41) is 8.64. The van der Waals surface area contributed by atoms with Crippen LogP contribution in [0.5, 0.6) is 11.5 Å². The van der Waals surface area contributed by atoms with Gasteiger partial charge in [0.15, 0.2) is 19.0 Å². The molecule has 0 saturated carbocycles. The van der Waals surface area contributed by atoms with Crippen LogP contribution in [0.1, 0.15) is 11.8 Å². The molecule has 23 heavy (non-hydrogen) atoms. The van der Waals surface area contributed by atoms with E-state index in [4.69, 9.17) is 37.1 Å². The summed E-state index contributed by atoms with van der Waals surface area (Å²) in [4.78, 5) is 0. The number of hydrogen-bond acceptors (Lipinski definition) is 5. The summed E-state index contributed by atoms with van der Waals surface area (Å²) in [7, 11) is 0. The molecule has 3 aromatic rings. The molecule has 0 amide bonds. The van der Waals surface area contributed by atoms with Gasteiger partial charge in [-0.3, -0.25) is 0 Å². The molecule has 0 fully saturated rings. The summed E-state index contributed by atoms with van der Waals surface area (Å²) < 4.78 is 16.5. The van der Waals surface area contributed by atoms with Gasteiger partial charge in [-0.25, -0.2) is 0 Å². The van der Waals surface area contributed by atoms with Crippen LogP contribution in [-0.4, -0.2) is 10.2 Å². The quantitative estimate of drug-likeness (QED) is 0.653. The van der Waals surface area contributed by atoms with Crippen LogP contribution in [0.25, 0.3) is 0 Å². The Hall–Kier alpha value is -2.24. The molecule has 0 N–H and O–H groups in total. The zero-order chi connectivity index (χ0) is 16.1. The van der Waals surface area contributed by atoms with E-state index in [1.807, 2.05) is 30.3 Å². The number of hydrogen-bond donors (Lipinski definition) is 0. The highest BCUT2D eigenvalue weighted by atomic mass is 35.5. The Bertz CT molecular complexity index is 758. The fraction of sp³-hybridized carbons (Fsp3) is 0.125. The van der Waals surface area contributed by atoms with Gasteiger partial charge in [0.1, 0.15) is 5.75 Å². The Balaban J connectivity index is 1.57. The molecule has 1 aromatic heterocycles. The van der Waals surface area contributed by atoms with Crippen molar-refractivity contribution in [3.63, 3.8) is 0 Å². The van der Waals surface area contributed by atoms with Crippen molar-refractivity contribution >= 4 is 23.2 Å². The van der Waals surface area contributed by atoms with E-state index in [-0.39, 0.29) is 13.2 Å². The Kier molecular flexibility index (Phi) is 5.00. The second-order valence-corrected chi connectivity index (χ2v) is 5.35. The molecule has 1 heterocycles. The number of para-hydroxylation sites is 2. The summed E-state index contributed by atoms with van der Waals surface area (Å²) >= 11 is 12.0. The van der Waals surface area contributed by atoms with Crippen LogP contribution < -0.4 is 9.47 Å². The first-order chi connectivity index (χ1) is 11.2. The Labute approximate surface area is 142 Å². The van der Waals surface area contributed by atoms with Gasteiger partial charge >= 0.3 is 0 Å². The first-order valence-corrected chi connectivity index (χ1v) is 7.54. The van der Waals surface area contributed by atoms with Crippen molar-refractivity contribution in [2.75, 3.05) is 0 Å². The van der Waals surface area contributed by atoms with Crippen LogP contribution in [0, 0.1) is 0 Å². The van der Waals surface area contributed by atoms with Crippen LogP contribution in [0.4, 0.5) is 0 Å². The number of nitrogens with zero attached hydrogens (tertiary/aromatic N) is 2. The predicted octanol–water partition coefficient (Wildman–Crippen LogP) is 4.53. The van der Waals surface area contributed by atoms with E-state index in [0.29, 0.717) is 27.6 Å². The minimum atomic E-state index is 0.0712. The van der Waals surface area contributed by atoms with Crippen LogP contribution in [0.2, 0.25) is 10.0 Å². The molecule has 0 unspecified atom stereocenters. The number of rotatable bonds is 6. The molecule has 0 radical (unpaired) electrons. The van der Waals surface area contributed by atoms with E-state index >= 15 is 0 Å². The minimum absolute atomic E-state index is 0.0712. The van der Waals surface area contributed by atoms with Crippen LogP contribution in [0.15, 0.2) is 52.9 Å². The first kappa shape index (κ1) is 15.6. The molecule has 5 nitrogen and oxygen atoms in total. The van der Waals surface area contributed by atoms with E-state index < -0.39 is 0 Å². The fourth-order valence-corrected chi connectivity index (χ4v) is 2.33. The van der Waals surface area contributed by atoms with Crippen LogP contribution in [0.3, 0.4) is 0 Å². The van der Waals surface area contributed by atoms with Gasteiger partial charge in [-0.1, -0.05) is 47.5 Å². The second kappa shape index (κ2) is 7.35. The lowest BCUT2D eigenvalue weighted by atomic mass is 10.3. The van der Waals surface area contributed by atoms with Crippen molar-refractivity contribution in [3.8, 4) is 11.5 Å². The van der Waals surface area contributed by atoms with Crippen molar-refractivity contribution in [2.45, 2.75) is 13.2 Å². The van der Waals surface area contributed by atoms with Gasteiger partial charge in [0.05, 0.1) is 10.0 Å². The average molecular weight is 351 g/mol. The van der Waals surface area contributed by atoms with Crippen molar-refractivity contribution < 1.29 is 13.9 Å². The van der Waals surface area contributed by atoms with E-state index in [1.54, 1.807) is 18.2 Å². The summed E-state index contributed by atoms with van der Waals surface area (Å²) in [5.41, 5.74) is 0. The highest BCUT2D eigenvalue weighted by molar-refractivity contribution is 6.37. The van der Waals surface area contributed by atoms with Crippen molar-refractivity contribution in [3.05, 3.63) is 70.4 Å². The number of halogens is 2. The largest absolute Gasteiger partial charge is 0.484 e. The molecule has 0 spiro atoms. The normalized spacial score (nSPS) is 10.5. The molecule has 7 heteroatoms. The predicted molar refractivity (Wildman–Crippen MR) is 85.9 cm³/mol. The number of aromatic nitrogens is 2. The zero-order valence-corrected chi connectivity index (χ0v) is 13.4. The topological polar surface area (TPSA) is 57.4 Å². The smallest absolute Gasteiger partial charge is 0.254 e. The standard InChI is InChI=1S/C16H12Cl2N2O3/c17-12-7-4-8-13(18)16(12)22-10-15-20-19-14(23-15)9-21-11-5-2-1-3-6-11/h1-8H,9-10H2. The highest BCUT2D eigenvalue weighted by Crippen LogP contribution is 2.32. The molecule has 0 aliphatic rings. The van der Waals surface area contributed by atoms with Crippen molar-refractivity contribution in [1.29, 1.82) is 0 Å². The summed E-state index contributed by atoms with van der Waals surface area (Å²) in [6.45, 7) is 0.256.